The van der Waals surface area contributed by atoms with Crippen molar-refractivity contribution in [2.45, 2.75) is 12.8 Å². The first-order valence-electron chi connectivity index (χ1n) is 5.67. The molecule has 0 saturated heterocycles. The predicted molar refractivity (Wildman–Crippen MR) is 64.6 cm³/mol. The summed E-state index contributed by atoms with van der Waals surface area (Å²) in [5, 5.41) is 14.9. The number of hydrogen-bond donors (Lipinski definition) is 2. The molecule has 2 N–H and O–H groups in total. The average Bonchev–Trinajstić information content (AvgIpc) is 3.19. The molecule has 0 atom stereocenters. The van der Waals surface area contributed by atoms with Gasteiger partial charge in [-0.2, -0.15) is 0 Å². The number of nitrogens with zero attached hydrogens (tertiary/aromatic N) is 3. The molecule has 1 aliphatic rings. The third-order valence-corrected chi connectivity index (χ3v) is 2.44. The number of anilines is 1. The summed E-state index contributed by atoms with van der Waals surface area (Å²) >= 11 is 0. The first-order valence-corrected chi connectivity index (χ1v) is 5.67. The molecule has 1 heterocycles. The topological polar surface area (TPSA) is 114 Å². The normalized spacial score (nSPS) is 14.8. The highest BCUT2D eigenvalue weighted by Crippen LogP contribution is 2.28. The van der Waals surface area contributed by atoms with E-state index in [0.29, 0.717) is 18.9 Å². The van der Waals surface area contributed by atoms with Crippen LogP contribution in [0, 0.1) is 5.92 Å². The molecule has 8 nitrogen and oxygen atoms in total. The lowest BCUT2D eigenvalue weighted by atomic mass is 10.3. The van der Waals surface area contributed by atoms with E-state index < -0.39 is 11.7 Å². The van der Waals surface area contributed by atoms with Crippen molar-refractivity contribution >= 4 is 23.9 Å². The van der Waals surface area contributed by atoms with E-state index in [4.69, 9.17) is 9.94 Å². The Morgan fingerprint density at radius 3 is 3.05 bits per heavy atom. The number of carboxylic acid groups (broad SMARTS) is 1. The van der Waals surface area contributed by atoms with Crippen molar-refractivity contribution < 1.29 is 19.5 Å². The zero-order valence-corrected chi connectivity index (χ0v) is 9.94. The maximum atomic E-state index is 11.1. The highest BCUT2D eigenvalue weighted by Gasteiger charge is 2.23. The van der Waals surface area contributed by atoms with Crippen molar-refractivity contribution in [3.63, 3.8) is 0 Å². The number of carbonyl (C=O) groups is 2. The summed E-state index contributed by atoms with van der Waals surface area (Å²) < 4.78 is 0. The van der Waals surface area contributed by atoms with Crippen LogP contribution in [0.4, 0.5) is 5.82 Å². The fourth-order valence-corrected chi connectivity index (χ4v) is 1.28. The van der Waals surface area contributed by atoms with Gasteiger partial charge in [0.25, 0.3) is 0 Å². The van der Waals surface area contributed by atoms with E-state index >= 15 is 0 Å². The van der Waals surface area contributed by atoms with Crippen LogP contribution in [0.3, 0.4) is 0 Å². The number of aromatic nitrogens is 2. The van der Waals surface area contributed by atoms with Crippen molar-refractivity contribution in [2.75, 3.05) is 11.9 Å². The fourth-order valence-electron chi connectivity index (χ4n) is 1.28. The molecule has 2 rings (SSSR count). The number of nitrogens with one attached hydrogen (secondary N) is 1. The van der Waals surface area contributed by atoms with Gasteiger partial charge in [0.15, 0.2) is 5.82 Å². The molecule has 1 amide bonds. The largest absolute Gasteiger partial charge is 0.476 e. The zero-order chi connectivity index (χ0) is 13.7. The van der Waals surface area contributed by atoms with Gasteiger partial charge in [-0.15, -0.1) is 0 Å². The Morgan fingerprint density at radius 1 is 1.63 bits per heavy atom. The van der Waals surface area contributed by atoms with Crippen LogP contribution in [-0.4, -0.2) is 39.8 Å². The van der Waals surface area contributed by atoms with Crippen molar-refractivity contribution in [3.8, 4) is 0 Å². The molecule has 1 aromatic heterocycles. The van der Waals surface area contributed by atoms with Crippen molar-refractivity contribution in [1.82, 2.24) is 9.97 Å². The molecule has 19 heavy (non-hydrogen) atoms. The second-order valence-corrected chi connectivity index (χ2v) is 4.01. The van der Waals surface area contributed by atoms with Crippen LogP contribution in [0.2, 0.25) is 0 Å². The molecule has 0 aliphatic heterocycles. The van der Waals surface area contributed by atoms with Crippen LogP contribution in [0.1, 0.15) is 18.7 Å². The second-order valence-electron chi connectivity index (χ2n) is 4.01. The SMILES string of the molecule is O=CNc1ccnc(/C(=N/OCC2CC2)C(=O)O)n1. The number of aliphatic carboxylic acids is 1. The van der Waals surface area contributed by atoms with Crippen LogP contribution >= 0.6 is 0 Å². The molecule has 8 heteroatoms. The minimum atomic E-state index is -1.29. The maximum Gasteiger partial charge on any atom is 0.361 e. The Balaban J connectivity index is 2.14. The highest BCUT2D eigenvalue weighted by molar-refractivity contribution is 6.41. The number of oxime groups is 1. The van der Waals surface area contributed by atoms with E-state index in [2.05, 4.69) is 20.4 Å². The maximum absolute atomic E-state index is 11.1. The van der Waals surface area contributed by atoms with Gasteiger partial charge >= 0.3 is 5.97 Å². The summed E-state index contributed by atoms with van der Waals surface area (Å²) in [4.78, 5) is 34.0. The van der Waals surface area contributed by atoms with Crippen molar-refractivity contribution in [2.24, 2.45) is 11.1 Å². The lowest BCUT2D eigenvalue weighted by Gasteiger charge is -2.03. The highest BCUT2D eigenvalue weighted by atomic mass is 16.6. The number of carboxylic acids is 1. The van der Waals surface area contributed by atoms with Gasteiger partial charge < -0.3 is 15.3 Å². The van der Waals surface area contributed by atoms with E-state index in [0.717, 1.165) is 12.8 Å². The molecular weight excluding hydrogens is 252 g/mol. The predicted octanol–water partition coefficient (Wildman–Crippen LogP) is 0.260. The van der Waals surface area contributed by atoms with Crippen LogP contribution in [0.25, 0.3) is 0 Å². The van der Waals surface area contributed by atoms with Gasteiger partial charge in [-0.05, 0) is 24.8 Å². The third-order valence-electron chi connectivity index (χ3n) is 2.44. The molecule has 1 aliphatic carbocycles. The van der Waals surface area contributed by atoms with E-state index in [1.165, 1.54) is 12.3 Å². The number of hydrogen-bond acceptors (Lipinski definition) is 6. The minimum absolute atomic E-state index is 0.116. The summed E-state index contributed by atoms with van der Waals surface area (Å²) in [5.41, 5.74) is -0.393. The average molecular weight is 264 g/mol. The van der Waals surface area contributed by atoms with Crippen molar-refractivity contribution in [3.05, 3.63) is 18.1 Å². The molecule has 0 aromatic carbocycles. The Bertz CT molecular complexity index is 513. The molecule has 0 spiro atoms. The van der Waals surface area contributed by atoms with Crippen LogP contribution in [0.15, 0.2) is 17.4 Å². The number of carbonyl (C=O) groups excluding carboxylic acids is 1. The summed E-state index contributed by atoms with van der Waals surface area (Å²) in [6, 6.07) is 1.43. The fraction of sp³-hybridized carbons (Fsp3) is 0.364. The molecule has 1 aromatic rings. The number of amides is 1. The number of rotatable bonds is 7. The summed E-state index contributed by atoms with van der Waals surface area (Å²) in [5.74, 6) is -0.756. The van der Waals surface area contributed by atoms with Gasteiger partial charge in [-0.1, -0.05) is 5.16 Å². The van der Waals surface area contributed by atoms with E-state index in [1.54, 1.807) is 0 Å². The third kappa shape index (κ3) is 3.73. The lowest BCUT2D eigenvalue weighted by Crippen LogP contribution is -2.19. The summed E-state index contributed by atoms with van der Waals surface area (Å²) in [7, 11) is 0. The van der Waals surface area contributed by atoms with Gasteiger partial charge in [-0.3, -0.25) is 4.79 Å². The van der Waals surface area contributed by atoms with Crippen molar-refractivity contribution in [1.29, 1.82) is 0 Å². The summed E-state index contributed by atoms with van der Waals surface area (Å²) in [6.45, 7) is 0.392. The van der Waals surface area contributed by atoms with E-state index in [-0.39, 0.29) is 11.6 Å². The van der Waals surface area contributed by atoms with Crippen LogP contribution < -0.4 is 5.32 Å². The minimum Gasteiger partial charge on any atom is -0.476 e. The first kappa shape index (κ1) is 12.9. The molecule has 0 radical (unpaired) electrons. The van der Waals surface area contributed by atoms with Gasteiger partial charge in [0.1, 0.15) is 12.4 Å². The first-order chi connectivity index (χ1) is 9.20. The van der Waals surface area contributed by atoms with Crippen LogP contribution in [0.5, 0.6) is 0 Å². The molecule has 1 saturated carbocycles. The van der Waals surface area contributed by atoms with E-state index in [1.807, 2.05) is 0 Å². The Morgan fingerprint density at radius 2 is 2.42 bits per heavy atom. The smallest absolute Gasteiger partial charge is 0.361 e. The standard InChI is InChI=1S/C11H12N4O4/c16-6-13-8-3-4-12-10(14-8)9(11(17)18)15-19-5-7-1-2-7/h3-4,6-7H,1-2,5H2,(H,17,18)(H,12,13,14,16)/b15-9-. The van der Waals surface area contributed by atoms with Crippen LogP contribution in [-0.2, 0) is 14.4 Å². The molecule has 1 fully saturated rings. The van der Waals surface area contributed by atoms with Gasteiger partial charge in [0, 0.05) is 6.20 Å². The Hall–Kier alpha value is -2.51. The molecule has 100 valence electrons. The monoisotopic (exact) mass is 264 g/mol. The lowest BCUT2D eigenvalue weighted by molar-refractivity contribution is -0.129. The quantitative estimate of drug-likeness (QED) is 0.415. The van der Waals surface area contributed by atoms with Gasteiger partial charge in [-0.25, -0.2) is 14.8 Å². The summed E-state index contributed by atoms with van der Waals surface area (Å²) in [6.07, 6.45) is 3.92. The Kier molecular flexibility index (Phi) is 4.01. The second kappa shape index (κ2) is 5.89. The van der Waals surface area contributed by atoms with E-state index in [9.17, 15) is 9.59 Å². The molecule has 0 unspecified atom stereocenters. The molecule has 0 bridgehead atoms. The zero-order valence-electron chi connectivity index (χ0n) is 9.94. The van der Waals surface area contributed by atoms with Gasteiger partial charge in [0.05, 0.1) is 0 Å². The Labute approximate surface area is 108 Å². The molecular formula is C11H12N4O4. The van der Waals surface area contributed by atoms with Gasteiger partial charge in [0.2, 0.25) is 12.1 Å².